The zero-order valence-corrected chi connectivity index (χ0v) is 7.93. The number of aromatic nitrogens is 1. The largest absolute Gasteiger partial charge is 0.205 e. The van der Waals surface area contributed by atoms with E-state index in [1.165, 1.54) is 31.2 Å². The number of pyridine rings is 1. The van der Waals surface area contributed by atoms with Gasteiger partial charge in [-0.05, 0) is 31.7 Å². The van der Waals surface area contributed by atoms with E-state index in [0.29, 0.717) is 0 Å². The van der Waals surface area contributed by atoms with Crippen molar-refractivity contribution in [2.24, 2.45) is 7.05 Å². The second-order valence-electron chi connectivity index (χ2n) is 3.74. The van der Waals surface area contributed by atoms with E-state index in [9.17, 15) is 0 Å². The highest BCUT2D eigenvalue weighted by atomic mass is 14.9. The molecule has 0 fully saturated rings. The SMILES string of the molecule is Cc1cc[n+](C)c2c1CCCC2. The Bertz CT molecular complexity index is 271. The van der Waals surface area contributed by atoms with Gasteiger partial charge in [-0.2, -0.15) is 0 Å². The summed E-state index contributed by atoms with van der Waals surface area (Å²) in [5, 5.41) is 0. The van der Waals surface area contributed by atoms with Gasteiger partial charge in [-0.15, -0.1) is 0 Å². The third-order valence-corrected chi connectivity index (χ3v) is 2.89. The third-order valence-electron chi connectivity index (χ3n) is 2.89. The van der Waals surface area contributed by atoms with Crippen LogP contribution in [0.1, 0.15) is 29.7 Å². The van der Waals surface area contributed by atoms with Gasteiger partial charge in [-0.1, -0.05) is 0 Å². The fraction of sp³-hybridized carbons (Fsp3) is 0.545. The van der Waals surface area contributed by atoms with E-state index < -0.39 is 0 Å². The second kappa shape index (κ2) is 2.89. The maximum absolute atomic E-state index is 2.28. The van der Waals surface area contributed by atoms with Crippen LogP contribution in [-0.2, 0) is 19.9 Å². The lowest BCUT2D eigenvalue weighted by Crippen LogP contribution is -2.36. The minimum Gasteiger partial charge on any atom is -0.205 e. The molecule has 0 atom stereocenters. The van der Waals surface area contributed by atoms with Crippen LogP contribution in [-0.4, -0.2) is 0 Å². The fourth-order valence-electron chi connectivity index (χ4n) is 2.12. The first-order valence-electron chi connectivity index (χ1n) is 4.76. The van der Waals surface area contributed by atoms with Gasteiger partial charge in [-0.3, -0.25) is 0 Å². The predicted octanol–water partition coefficient (Wildman–Crippen LogP) is 1.70. The van der Waals surface area contributed by atoms with Gasteiger partial charge in [0.05, 0.1) is 0 Å². The molecule has 1 heteroatoms. The summed E-state index contributed by atoms with van der Waals surface area (Å²) in [5.41, 5.74) is 4.63. The van der Waals surface area contributed by atoms with Gasteiger partial charge in [0.15, 0.2) is 11.9 Å². The minimum absolute atomic E-state index is 1.27. The summed E-state index contributed by atoms with van der Waals surface area (Å²) < 4.78 is 2.28. The topological polar surface area (TPSA) is 3.88 Å². The number of hydrogen-bond acceptors (Lipinski definition) is 0. The second-order valence-corrected chi connectivity index (χ2v) is 3.74. The first-order chi connectivity index (χ1) is 5.79. The Morgan fingerprint density at radius 1 is 1.25 bits per heavy atom. The molecule has 2 rings (SSSR count). The summed E-state index contributed by atoms with van der Waals surface area (Å²) in [5.74, 6) is 0. The van der Waals surface area contributed by atoms with E-state index in [4.69, 9.17) is 0 Å². The maximum atomic E-state index is 2.28. The normalized spacial score (nSPS) is 15.8. The van der Waals surface area contributed by atoms with Crippen molar-refractivity contribution in [3.63, 3.8) is 0 Å². The Hall–Kier alpha value is -0.850. The number of hydrogen-bond donors (Lipinski definition) is 0. The molecule has 0 radical (unpaired) electrons. The van der Waals surface area contributed by atoms with E-state index in [1.807, 2.05) is 0 Å². The molecular formula is C11H16N+. The van der Waals surface area contributed by atoms with Crippen LogP contribution in [0.25, 0.3) is 0 Å². The van der Waals surface area contributed by atoms with E-state index in [0.717, 1.165) is 0 Å². The van der Waals surface area contributed by atoms with E-state index >= 15 is 0 Å². The molecule has 64 valence electrons. The highest BCUT2D eigenvalue weighted by molar-refractivity contribution is 5.27. The molecule has 1 aliphatic rings. The van der Waals surface area contributed by atoms with Gasteiger partial charge in [0.1, 0.15) is 7.05 Å². The van der Waals surface area contributed by atoms with E-state index in [2.05, 4.69) is 30.8 Å². The molecule has 0 unspecified atom stereocenters. The molecule has 0 amide bonds. The molecule has 0 spiro atoms. The Balaban J connectivity index is 2.57. The Kier molecular flexibility index (Phi) is 1.87. The van der Waals surface area contributed by atoms with Crippen molar-refractivity contribution in [2.75, 3.05) is 0 Å². The lowest BCUT2D eigenvalue weighted by molar-refractivity contribution is -0.680. The quantitative estimate of drug-likeness (QED) is 0.511. The van der Waals surface area contributed by atoms with Crippen molar-refractivity contribution in [2.45, 2.75) is 32.6 Å². The summed E-state index contributed by atoms with van der Waals surface area (Å²) in [6, 6.07) is 2.23. The standard InChI is InChI=1S/C11H16N/c1-9-7-8-12(2)11-6-4-3-5-10(9)11/h7-8H,3-6H2,1-2H3/q+1. The van der Waals surface area contributed by atoms with Gasteiger partial charge >= 0.3 is 0 Å². The molecule has 1 aromatic heterocycles. The van der Waals surface area contributed by atoms with Crippen molar-refractivity contribution in [3.05, 3.63) is 29.1 Å². The van der Waals surface area contributed by atoms with Crippen molar-refractivity contribution in [1.82, 2.24) is 0 Å². The first-order valence-corrected chi connectivity index (χ1v) is 4.76. The summed E-state index contributed by atoms with van der Waals surface area (Å²) in [4.78, 5) is 0. The molecule has 1 aromatic rings. The minimum atomic E-state index is 1.27. The summed E-state index contributed by atoms with van der Waals surface area (Å²) in [7, 11) is 2.16. The average molecular weight is 162 g/mol. The van der Waals surface area contributed by atoms with Gasteiger partial charge in [-0.25, -0.2) is 4.57 Å². The van der Waals surface area contributed by atoms with Crippen LogP contribution < -0.4 is 4.57 Å². The van der Waals surface area contributed by atoms with Crippen LogP contribution in [0.2, 0.25) is 0 Å². The van der Waals surface area contributed by atoms with Crippen molar-refractivity contribution < 1.29 is 4.57 Å². The number of fused-ring (bicyclic) bond motifs is 1. The smallest absolute Gasteiger partial charge is 0.184 e. The zero-order valence-electron chi connectivity index (χ0n) is 7.93. The van der Waals surface area contributed by atoms with E-state index in [1.54, 1.807) is 11.3 Å². The average Bonchev–Trinajstić information content (AvgIpc) is 2.12. The van der Waals surface area contributed by atoms with Gasteiger partial charge in [0, 0.05) is 18.1 Å². The molecular weight excluding hydrogens is 146 g/mol. The van der Waals surface area contributed by atoms with Crippen LogP contribution in [0.5, 0.6) is 0 Å². The van der Waals surface area contributed by atoms with Gasteiger partial charge < -0.3 is 0 Å². The molecule has 1 aliphatic carbocycles. The summed E-state index contributed by atoms with van der Waals surface area (Å²) in [6.07, 6.45) is 7.48. The van der Waals surface area contributed by atoms with Crippen LogP contribution in [0, 0.1) is 6.92 Å². The highest BCUT2D eigenvalue weighted by Gasteiger charge is 2.18. The Morgan fingerprint density at radius 3 is 2.75 bits per heavy atom. The zero-order chi connectivity index (χ0) is 8.55. The monoisotopic (exact) mass is 162 g/mol. The van der Waals surface area contributed by atoms with Gasteiger partial charge in [0.25, 0.3) is 0 Å². The highest BCUT2D eigenvalue weighted by Crippen LogP contribution is 2.20. The molecule has 0 saturated heterocycles. The predicted molar refractivity (Wildman–Crippen MR) is 49.0 cm³/mol. The summed E-state index contributed by atoms with van der Waals surface area (Å²) >= 11 is 0. The lowest BCUT2D eigenvalue weighted by atomic mass is 9.92. The molecule has 0 aromatic carbocycles. The molecule has 0 saturated carbocycles. The third kappa shape index (κ3) is 1.13. The van der Waals surface area contributed by atoms with Crippen LogP contribution >= 0.6 is 0 Å². The molecule has 1 heterocycles. The maximum Gasteiger partial charge on any atom is 0.184 e. The Morgan fingerprint density at radius 2 is 2.00 bits per heavy atom. The first kappa shape index (κ1) is 7.78. The van der Waals surface area contributed by atoms with Crippen LogP contribution in [0.3, 0.4) is 0 Å². The van der Waals surface area contributed by atoms with Crippen LogP contribution in [0.4, 0.5) is 0 Å². The molecule has 1 nitrogen and oxygen atoms in total. The molecule has 0 bridgehead atoms. The van der Waals surface area contributed by atoms with Crippen molar-refractivity contribution in [1.29, 1.82) is 0 Å². The number of aryl methyl sites for hydroxylation is 2. The molecule has 0 aliphatic heterocycles. The van der Waals surface area contributed by atoms with E-state index in [-0.39, 0.29) is 0 Å². The lowest BCUT2D eigenvalue weighted by Gasteiger charge is -2.14. The molecule has 12 heavy (non-hydrogen) atoms. The van der Waals surface area contributed by atoms with Crippen molar-refractivity contribution in [3.8, 4) is 0 Å². The molecule has 0 N–H and O–H groups in total. The number of rotatable bonds is 0. The summed E-state index contributed by atoms with van der Waals surface area (Å²) in [6.45, 7) is 2.23. The van der Waals surface area contributed by atoms with Crippen LogP contribution in [0.15, 0.2) is 12.3 Å². The van der Waals surface area contributed by atoms with Gasteiger partial charge in [0.2, 0.25) is 0 Å². The number of nitrogens with zero attached hydrogens (tertiary/aromatic N) is 1. The fourth-order valence-corrected chi connectivity index (χ4v) is 2.12. The van der Waals surface area contributed by atoms with Crippen molar-refractivity contribution >= 4 is 0 Å². The Labute approximate surface area is 74.0 Å².